The molecule has 2 aromatic heterocycles. The van der Waals surface area contributed by atoms with Gasteiger partial charge in [0.1, 0.15) is 11.6 Å². The molecule has 1 saturated heterocycles. The van der Waals surface area contributed by atoms with E-state index in [2.05, 4.69) is 20.3 Å². The lowest BCUT2D eigenvalue weighted by atomic mass is 9.90. The molecule has 8 heteroatoms. The van der Waals surface area contributed by atoms with Gasteiger partial charge in [0, 0.05) is 44.1 Å². The summed E-state index contributed by atoms with van der Waals surface area (Å²) in [5, 5.41) is 2.98. The van der Waals surface area contributed by atoms with Crippen LogP contribution in [0.5, 0.6) is 5.75 Å². The minimum atomic E-state index is -0.173. The summed E-state index contributed by atoms with van der Waals surface area (Å²) in [6.07, 6.45) is 7.32. The van der Waals surface area contributed by atoms with Crippen LogP contribution in [0, 0.1) is 6.92 Å². The fourth-order valence-corrected chi connectivity index (χ4v) is 4.09. The number of amides is 2. The van der Waals surface area contributed by atoms with Gasteiger partial charge in [-0.05, 0) is 49.9 Å². The highest BCUT2D eigenvalue weighted by Gasteiger charge is 2.28. The third-order valence-electron chi connectivity index (χ3n) is 5.95. The molecule has 4 rings (SSSR count). The third kappa shape index (κ3) is 6.15. The number of ether oxygens (including phenoxy) is 1. The molecule has 0 spiro atoms. The van der Waals surface area contributed by atoms with Crippen molar-refractivity contribution < 1.29 is 14.3 Å². The minimum Gasteiger partial charge on any atom is -0.484 e. The zero-order valence-corrected chi connectivity index (χ0v) is 19.3. The van der Waals surface area contributed by atoms with Crippen molar-refractivity contribution in [2.24, 2.45) is 0 Å². The van der Waals surface area contributed by atoms with Crippen LogP contribution in [0.2, 0.25) is 0 Å². The molecule has 34 heavy (non-hydrogen) atoms. The summed E-state index contributed by atoms with van der Waals surface area (Å²) in [5.41, 5.74) is 2.34. The fraction of sp³-hybridized carbons (Fsp3) is 0.346. The molecular weight excluding hydrogens is 430 g/mol. The molecule has 1 aliphatic heterocycles. The second-order valence-corrected chi connectivity index (χ2v) is 8.34. The van der Waals surface area contributed by atoms with Crippen LogP contribution < -0.4 is 10.1 Å². The van der Waals surface area contributed by atoms with E-state index in [1.807, 2.05) is 54.3 Å². The standard InChI is InChI=1S/C26H29N5O3/c1-19-29-17-23(26(33)28-13-9-20-6-5-12-27-16-20)25(30-19)21-10-14-31(15-11-21)24(32)18-34-22-7-3-2-4-8-22/h2-8,12,16-17,21H,9-11,13-15,18H2,1H3,(H,28,33). The Morgan fingerprint density at radius 2 is 1.88 bits per heavy atom. The molecule has 1 N–H and O–H groups in total. The first-order valence-corrected chi connectivity index (χ1v) is 11.6. The average Bonchev–Trinajstić information content (AvgIpc) is 2.88. The molecule has 0 saturated carbocycles. The second kappa shape index (κ2) is 11.4. The predicted octanol–water partition coefficient (Wildman–Crippen LogP) is 2.94. The number of piperidine rings is 1. The van der Waals surface area contributed by atoms with E-state index >= 15 is 0 Å². The van der Waals surface area contributed by atoms with Crippen LogP contribution in [0.1, 0.15) is 46.2 Å². The van der Waals surface area contributed by atoms with Crippen molar-refractivity contribution in [1.82, 2.24) is 25.2 Å². The van der Waals surface area contributed by atoms with Crippen molar-refractivity contribution >= 4 is 11.8 Å². The third-order valence-corrected chi connectivity index (χ3v) is 5.95. The number of hydrogen-bond donors (Lipinski definition) is 1. The highest BCUT2D eigenvalue weighted by atomic mass is 16.5. The van der Waals surface area contributed by atoms with Gasteiger partial charge in [-0.15, -0.1) is 0 Å². The summed E-state index contributed by atoms with van der Waals surface area (Å²) in [4.78, 5) is 40.3. The molecule has 0 radical (unpaired) electrons. The highest BCUT2D eigenvalue weighted by Crippen LogP contribution is 2.29. The molecule has 0 atom stereocenters. The molecule has 176 valence electrons. The van der Waals surface area contributed by atoms with Gasteiger partial charge >= 0.3 is 0 Å². The smallest absolute Gasteiger partial charge is 0.260 e. The number of carbonyl (C=O) groups is 2. The van der Waals surface area contributed by atoms with Gasteiger partial charge < -0.3 is 15.0 Å². The number of rotatable bonds is 8. The molecule has 1 aliphatic rings. The topological polar surface area (TPSA) is 97.3 Å². The van der Waals surface area contributed by atoms with Gasteiger partial charge in [0.15, 0.2) is 6.61 Å². The van der Waals surface area contributed by atoms with E-state index in [4.69, 9.17) is 4.74 Å². The van der Waals surface area contributed by atoms with Crippen molar-refractivity contribution in [2.45, 2.75) is 32.1 Å². The number of carbonyl (C=O) groups excluding carboxylic acids is 2. The van der Waals surface area contributed by atoms with E-state index in [9.17, 15) is 9.59 Å². The monoisotopic (exact) mass is 459 g/mol. The maximum Gasteiger partial charge on any atom is 0.260 e. The fourth-order valence-electron chi connectivity index (χ4n) is 4.09. The van der Waals surface area contributed by atoms with Gasteiger partial charge in [0.25, 0.3) is 11.8 Å². The summed E-state index contributed by atoms with van der Waals surface area (Å²) in [6.45, 7) is 3.56. The number of benzene rings is 1. The van der Waals surface area contributed by atoms with Gasteiger partial charge in [0.2, 0.25) is 0 Å². The van der Waals surface area contributed by atoms with E-state index in [0.717, 1.165) is 24.1 Å². The van der Waals surface area contributed by atoms with Crippen LogP contribution in [-0.2, 0) is 11.2 Å². The minimum absolute atomic E-state index is 0.0197. The number of pyridine rings is 1. The van der Waals surface area contributed by atoms with E-state index in [1.165, 1.54) is 0 Å². The Kier molecular flexibility index (Phi) is 7.80. The van der Waals surface area contributed by atoms with Crippen LogP contribution in [0.3, 0.4) is 0 Å². The number of para-hydroxylation sites is 1. The molecule has 3 heterocycles. The Morgan fingerprint density at radius 3 is 2.62 bits per heavy atom. The zero-order valence-electron chi connectivity index (χ0n) is 19.3. The Bertz CT molecular complexity index is 1100. The first kappa shape index (κ1) is 23.4. The predicted molar refractivity (Wildman–Crippen MR) is 128 cm³/mol. The van der Waals surface area contributed by atoms with Gasteiger partial charge in [0.05, 0.1) is 11.3 Å². The van der Waals surface area contributed by atoms with Crippen molar-refractivity contribution in [3.8, 4) is 5.75 Å². The quantitative estimate of drug-likeness (QED) is 0.556. The Morgan fingerprint density at radius 1 is 1.09 bits per heavy atom. The maximum atomic E-state index is 12.9. The number of nitrogens with zero attached hydrogens (tertiary/aromatic N) is 4. The SMILES string of the molecule is Cc1ncc(C(=O)NCCc2cccnc2)c(C2CCN(C(=O)COc3ccccc3)CC2)n1. The molecule has 2 amide bonds. The van der Waals surface area contributed by atoms with E-state index < -0.39 is 0 Å². The van der Waals surface area contributed by atoms with Crippen molar-refractivity contribution in [2.75, 3.05) is 26.2 Å². The lowest BCUT2D eigenvalue weighted by Crippen LogP contribution is -2.41. The van der Waals surface area contributed by atoms with E-state index in [0.29, 0.717) is 43.2 Å². The van der Waals surface area contributed by atoms with Gasteiger partial charge in [-0.3, -0.25) is 14.6 Å². The first-order valence-electron chi connectivity index (χ1n) is 11.6. The van der Waals surface area contributed by atoms with Gasteiger partial charge in [-0.2, -0.15) is 0 Å². The Balaban J connectivity index is 1.32. The molecule has 8 nitrogen and oxygen atoms in total. The summed E-state index contributed by atoms with van der Waals surface area (Å²) in [6, 6.07) is 13.2. The lowest BCUT2D eigenvalue weighted by Gasteiger charge is -2.32. The van der Waals surface area contributed by atoms with Gasteiger partial charge in [-0.1, -0.05) is 24.3 Å². The van der Waals surface area contributed by atoms with Crippen LogP contribution in [0.4, 0.5) is 0 Å². The molecule has 0 aliphatic carbocycles. The van der Waals surface area contributed by atoms with E-state index in [1.54, 1.807) is 18.6 Å². The number of nitrogens with one attached hydrogen (secondary N) is 1. The molecule has 0 bridgehead atoms. The van der Waals surface area contributed by atoms with E-state index in [-0.39, 0.29) is 24.3 Å². The molecular formula is C26H29N5O3. The van der Waals surface area contributed by atoms with Crippen LogP contribution in [-0.4, -0.2) is 57.9 Å². The Hall–Kier alpha value is -3.81. The lowest BCUT2D eigenvalue weighted by molar-refractivity contribution is -0.134. The molecule has 3 aromatic rings. The van der Waals surface area contributed by atoms with Crippen LogP contribution in [0.25, 0.3) is 0 Å². The number of aromatic nitrogens is 3. The summed E-state index contributed by atoms with van der Waals surface area (Å²) >= 11 is 0. The summed E-state index contributed by atoms with van der Waals surface area (Å²) in [7, 11) is 0. The highest BCUT2D eigenvalue weighted by molar-refractivity contribution is 5.95. The number of hydrogen-bond acceptors (Lipinski definition) is 6. The largest absolute Gasteiger partial charge is 0.484 e. The maximum absolute atomic E-state index is 12.9. The second-order valence-electron chi connectivity index (χ2n) is 8.34. The van der Waals surface area contributed by atoms with Crippen LogP contribution >= 0.6 is 0 Å². The summed E-state index contributed by atoms with van der Waals surface area (Å²) < 4.78 is 5.60. The van der Waals surface area contributed by atoms with Crippen molar-refractivity contribution in [3.05, 3.63) is 83.7 Å². The zero-order chi connectivity index (χ0) is 23.8. The first-order chi connectivity index (χ1) is 16.6. The number of likely N-dealkylation sites (tertiary alicyclic amines) is 1. The average molecular weight is 460 g/mol. The Labute approximate surface area is 199 Å². The molecule has 0 unspecified atom stereocenters. The molecule has 1 fully saturated rings. The number of aryl methyl sites for hydroxylation is 1. The van der Waals surface area contributed by atoms with Crippen molar-refractivity contribution in [1.29, 1.82) is 0 Å². The normalized spacial score (nSPS) is 14.0. The molecule has 1 aromatic carbocycles. The van der Waals surface area contributed by atoms with Gasteiger partial charge in [-0.25, -0.2) is 9.97 Å². The van der Waals surface area contributed by atoms with Crippen LogP contribution in [0.15, 0.2) is 61.1 Å². The van der Waals surface area contributed by atoms with Crippen molar-refractivity contribution in [3.63, 3.8) is 0 Å². The summed E-state index contributed by atoms with van der Waals surface area (Å²) in [5.74, 6) is 1.21.